The molecular formula is C20H19N5O3S. The molecule has 0 saturated heterocycles. The van der Waals surface area contributed by atoms with Crippen molar-refractivity contribution in [2.24, 2.45) is 5.14 Å². The number of nitrogens with two attached hydrogens (primary N) is 1. The van der Waals surface area contributed by atoms with Gasteiger partial charge in [-0.1, -0.05) is 18.2 Å². The second-order valence-corrected chi connectivity index (χ2v) is 8.27. The van der Waals surface area contributed by atoms with E-state index in [1.807, 2.05) is 50.2 Å². The van der Waals surface area contributed by atoms with Crippen molar-refractivity contribution in [1.29, 1.82) is 0 Å². The zero-order chi connectivity index (χ0) is 20.8. The van der Waals surface area contributed by atoms with E-state index in [9.17, 15) is 13.2 Å². The lowest BCUT2D eigenvalue weighted by atomic mass is 10.1. The van der Waals surface area contributed by atoms with Crippen molar-refractivity contribution in [3.63, 3.8) is 0 Å². The number of rotatable bonds is 4. The summed E-state index contributed by atoms with van der Waals surface area (Å²) < 4.78 is 26.0. The summed E-state index contributed by atoms with van der Waals surface area (Å²) in [6, 6.07) is 17.2. The lowest BCUT2D eigenvalue weighted by molar-refractivity contribution is 0.598. The molecule has 2 heterocycles. The van der Waals surface area contributed by atoms with Gasteiger partial charge in [0.1, 0.15) is 0 Å². The van der Waals surface area contributed by atoms with Crippen LogP contribution in [0.3, 0.4) is 0 Å². The molecule has 29 heavy (non-hydrogen) atoms. The van der Waals surface area contributed by atoms with E-state index in [0.29, 0.717) is 22.6 Å². The van der Waals surface area contributed by atoms with Crippen molar-refractivity contribution in [2.75, 3.05) is 0 Å². The van der Waals surface area contributed by atoms with Gasteiger partial charge in [-0.2, -0.15) is 5.10 Å². The van der Waals surface area contributed by atoms with Crippen molar-refractivity contribution >= 4 is 10.0 Å². The van der Waals surface area contributed by atoms with Crippen molar-refractivity contribution in [2.45, 2.75) is 18.7 Å². The second-order valence-electron chi connectivity index (χ2n) is 6.71. The number of aromatic amines is 1. The molecule has 0 amide bonds. The largest absolute Gasteiger partial charge is 0.295 e. The molecule has 0 unspecified atom stereocenters. The average Bonchev–Trinajstić information content (AvgIpc) is 3.20. The maximum absolute atomic E-state index is 13.2. The molecule has 9 heteroatoms. The Morgan fingerprint density at radius 2 is 1.62 bits per heavy atom. The van der Waals surface area contributed by atoms with E-state index in [4.69, 9.17) is 5.14 Å². The normalized spacial score (nSPS) is 11.7. The van der Waals surface area contributed by atoms with Gasteiger partial charge in [0.25, 0.3) is 5.56 Å². The fourth-order valence-corrected chi connectivity index (χ4v) is 3.77. The van der Waals surface area contributed by atoms with Crippen LogP contribution in [0.4, 0.5) is 0 Å². The summed E-state index contributed by atoms with van der Waals surface area (Å²) in [7, 11) is -3.80. The number of nitrogens with one attached hydrogen (secondary N) is 1. The highest BCUT2D eigenvalue weighted by atomic mass is 32.2. The first-order valence-electron chi connectivity index (χ1n) is 8.83. The number of hydrogen-bond acceptors (Lipinski definition) is 4. The predicted octanol–water partition coefficient (Wildman–Crippen LogP) is 2.28. The minimum absolute atomic E-state index is 0.0180. The standard InChI is InChI=1S/C20H19N5O3S/c1-13-12-18(24(22-13)15-6-4-3-5-7-15)19-14(2)23-25(20(19)26)16-8-10-17(11-9-16)29(21,27)28/h3-12,23H,1-2H3,(H2,21,27,28). The Bertz CT molecular complexity index is 1350. The number of H-pyrrole nitrogens is 1. The van der Waals surface area contributed by atoms with Crippen LogP contribution in [0.1, 0.15) is 11.4 Å². The molecule has 2 aromatic heterocycles. The minimum Gasteiger partial charge on any atom is -0.295 e. The van der Waals surface area contributed by atoms with E-state index in [0.717, 1.165) is 11.4 Å². The Labute approximate surface area is 167 Å². The fraction of sp³-hybridized carbons (Fsp3) is 0.100. The third-order valence-corrected chi connectivity index (χ3v) is 5.51. The summed E-state index contributed by atoms with van der Waals surface area (Å²) in [4.78, 5) is 13.2. The van der Waals surface area contributed by atoms with Crippen molar-refractivity contribution in [3.8, 4) is 22.6 Å². The Kier molecular flexibility index (Phi) is 4.48. The monoisotopic (exact) mass is 409 g/mol. The highest BCUT2D eigenvalue weighted by Crippen LogP contribution is 2.24. The number of hydrogen-bond donors (Lipinski definition) is 2. The third kappa shape index (κ3) is 3.41. The number of para-hydroxylation sites is 1. The van der Waals surface area contributed by atoms with E-state index < -0.39 is 10.0 Å². The average molecular weight is 409 g/mol. The van der Waals surface area contributed by atoms with Gasteiger partial charge in [0.05, 0.1) is 33.2 Å². The minimum atomic E-state index is -3.80. The van der Waals surface area contributed by atoms with Crippen LogP contribution in [0.25, 0.3) is 22.6 Å². The molecule has 0 radical (unpaired) electrons. The van der Waals surface area contributed by atoms with Gasteiger partial charge in [-0.15, -0.1) is 0 Å². The van der Waals surface area contributed by atoms with Crippen LogP contribution >= 0.6 is 0 Å². The topological polar surface area (TPSA) is 116 Å². The Hall–Kier alpha value is -3.43. The molecule has 0 bridgehead atoms. The van der Waals surface area contributed by atoms with Crippen molar-refractivity contribution in [1.82, 2.24) is 19.6 Å². The summed E-state index contributed by atoms with van der Waals surface area (Å²) >= 11 is 0. The highest BCUT2D eigenvalue weighted by molar-refractivity contribution is 7.89. The first-order chi connectivity index (χ1) is 13.8. The quantitative estimate of drug-likeness (QED) is 0.538. The first-order valence-corrected chi connectivity index (χ1v) is 10.4. The third-order valence-electron chi connectivity index (χ3n) is 4.58. The number of aryl methyl sites for hydroxylation is 2. The molecule has 4 rings (SSSR count). The maximum atomic E-state index is 13.2. The van der Waals surface area contributed by atoms with Gasteiger partial charge in [-0.3, -0.25) is 9.89 Å². The Morgan fingerprint density at radius 3 is 2.24 bits per heavy atom. The van der Waals surface area contributed by atoms with Gasteiger partial charge in [0.15, 0.2) is 0 Å². The molecular weight excluding hydrogens is 390 g/mol. The molecule has 3 N–H and O–H groups in total. The molecule has 0 fully saturated rings. The van der Waals surface area contributed by atoms with Gasteiger partial charge in [0.2, 0.25) is 10.0 Å². The molecule has 0 atom stereocenters. The molecule has 148 valence electrons. The number of sulfonamides is 1. The molecule has 0 spiro atoms. The van der Waals surface area contributed by atoms with E-state index in [1.165, 1.54) is 28.9 Å². The van der Waals surface area contributed by atoms with E-state index in [1.54, 1.807) is 4.68 Å². The highest BCUT2D eigenvalue weighted by Gasteiger charge is 2.20. The van der Waals surface area contributed by atoms with E-state index >= 15 is 0 Å². The lowest BCUT2D eigenvalue weighted by Gasteiger charge is -2.06. The van der Waals surface area contributed by atoms with Crippen LogP contribution < -0.4 is 10.7 Å². The van der Waals surface area contributed by atoms with Gasteiger partial charge < -0.3 is 0 Å². The summed E-state index contributed by atoms with van der Waals surface area (Å²) in [6.07, 6.45) is 0. The van der Waals surface area contributed by atoms with Gasteiger partial charge in [0, 0.05) is 5.69 Å². The number of primary sulfonamides is 1. The molecule has 4 aromatic rings. The van der Waals surface area contributed by atoms with Gasteiger partial charge >= 0.3 is 0 Å². The first kappa shape index (κ1) is 18.9. The van der Waals surface area contributed by atoms with Crippen LogP contribution in [0, 0.1) is 13.8 Å². The summed E-state index contributed by atoms with van der Waals surface area (Å²) in [5.74, 6) is 0. The summed E-state index contributed by atoms with van der Waals surface area (Å²) in [6.45, 7) is 3.68. The van der Waals surface area contributed by atoms with E-state index in [2.05, 4.69) is 10.2 Å². The van der Waals surface area contributed by atoms with Crippen LogP contribution in [-0.4, -0.2) is 28.0 Å². The summed E-state index contributed by atoms with van der Waals surface area (Å²) in [5, 5.41) is 12.7. The van der Waals surface area contributed by atoms with Crippen molar-refractivity contribution in [3.05, 3.63) is 82.4 Å². The lowest BCUT2D eigenvalue weighted by Crippen LogP contribution is -2.17. The Balaban J connectivity index is 1.85. The molecule has 0 aliphatic carbocycles. The van der Waals surface area contributed by atoms with E-state index in [-0.39, 0.29) is 10.5 Å². The van der Waals surface area contributed by atoms with Gasteiger partial charge in [-0.05, 0) is 56.3 Å². The molecule has 2 aromatic carbocycles. The zero-order valence-corrected chi connectivity index (χ0v) is 16.6. The van der Waals surface area contributed by atoms with Crippen LogP contribution in [0.2, 0.25) is 0 Å². The van der Waals surface area contributed by atoms with Crippen LogP contribution in [0.5, 0.6) is 0 Å². The molecule has 0 saturated carbocycles. The van der Waals surface area contributed by atoms with Gasteiger partial charge in [-0.25, -0.2) is 22.9 Å². The van der Waals surface area contributed by atoms with Crippen LogP contribution in [0.15, 0.2) is 70.4 Å². The predicted molar refractivity (Wildman–Crippen MR) is 110 cm³/mol. The second kappa shape index (κ2) is 6.87. The van der Waals surface area contributed by atoms with Crippen molar-refractivity contribution < 1.29 is 8.42 Å². The number of aromatic nitrogens is 4. The Morgan fingerprint density at radius 1 is 0.966 bits per heavy atom. The molecule has 8 nitrogen and oxygen atoms in total. The smallest absolute Gasteiger partial charge is 0.280 e. The molecule has 0 aliphatic rings. The van der Waals surface area contributed by atoms with Crippen LogP contribution in [-0.2, 0) is 10.0 Å². The zero-order valence-electron chi connectivity index (χ0n) is 15.8. The number of benzene rings is 2. The summed E-state index contributed by atoms with van der Waals surface area (Å²) in [5.41, 5.74) is 3.70. The molecule has 0 aliphatic heterocycles. The fourth-order valence-electron chi connectivity index (χ4n) is 3.26. The maximum Gasteiger partial charge on any atom is 0.280 e. The number of nitrogens with zero attached hydrogens (tertiary/aromatic N) is 3. The SMILES string of the molecule is Cc1cc(-c2c(C)[nH]n(-c3ccc(S(N)(=O)=O)cc3)c2=O)n(-c2ccccc2)n1.